The number of hydrogen-bond acceptors (Lipinski definition) is 4. The lowest BCUT2D eigenvalue weighted by molar-refractivity contribution is -0.109. The Bertz CT molecular complexity index is 372. The minimum absolute atomic E-state index is 0.259. The largest absolute Gasteiger partial charge is 0.389 e. The number of benzene rings is 1. The monoisotopic (exact) mass is 255 g/mol. The second-order valence-electron chi connectivity index (χ2n) is 4.76. The molecule has 1 aliphatic heterocycles. The van der Waals surface area contributed by atoms with E-state index >= 15 is 0 Å². The highest BCUT2D eigenvalue weighted by atomic mass is 19.1. The normalized spacial score (nSPS) is 29.4. The third-order valence-electron chi connectivity index (χ3n) is 3.31. The van der Waals surface area contributed by atoms with Gasteiger partial charge >= 0.3 is 0 Å². The van der Waals surface area contributed by atoms with E-state index in [2.05, 4.69) is 0 Å². The molecule has 1 aromatic rings. The summed E-state index contributed by atoms with van der Waals surface area (Å²) >= 11 is 0. The van der Waals surface area contributed by atoms with E-state index in [1.54, 1.807) is 12.1 Å². The molecule has 0 spiro atoms. The van der Waals surface area contributed by atoms with Crippen LogP contribution in [0.3, 0.4) is 0 Å². The first-order valence-electron chi connectivity index (χ1n) is 6.07. The van der Waals surface area contributed by atoms with Crippen molar-refractivity contribution in [3.05, 3.63) is 35.6 Å². The number of β-amino-alcohol motifs (C(OH)–C–C–N with tert-alkyl or cyclic N) is 2. The van der Waals surface area contributed by atoms with Gasteiger partial charge in [0, 0.05) is 19.6 Å². The van der Waals surface area contributed by atoms with E-state index in [4.69, 9.17) is 0 Å². The average molecular weight is 255 g/mol. The molecule has 1 unspecified atom stereocenters. The Kier molecular flexibility index (Phi) is 4.29. The molecule has 4 nitrogen and oxygen atoms in total. The standard InChI is InChI=1S/C13H18FNO3/c14-10-3-1-9(2-4-10)5-6-15-7-11(16)13(18)12(17)8-15/h1-4,11-13,16-18H,5-8H2/t11-,12+,13?. The molecule has 0 aromatic heterocycles. The number of halogens is 1. The van der Waals surface area contributed by atoms with E-state index in [1.165, 1.54) is 12.1 Å². The summed E-state index contributed by atoms with van der Waals surface area (Å²) in [4.78, 5) is 1.89. The van der Waals surface area contributed by atoms with Gasteiger partial charge in [0.15, 0.2) is 0 Å². The van der Waals surface area contributed by atoms with Crippen LogP contribution in [-0.2, 0) is 6.42 Å². The number of piperidine rings is 1. The van der Waals surface area contributed by atoms with Crippen molar-refractivity contribution in [3.8, 4) is 0 Å². The van der Waals surface area contributed by atoms with Gasteiger partial charge in [0.05, 0.1) is 12.2 Å². The minimum atomic E-state index is -1.06. The number of likely N-dealkylation sites (tertiary alicyclic amines) is 1. The van der Waals surface area contributed by atoms with Crippen LogP contribution in [0.25, 0.3) is 0 Å². The lowest BCUT2D eigenvalue weighted by Crippen LogP contribution is -2.55. The molecule has 1 aromatic carbocycles. The summed E-state index contributed by atoms with van der Waals surface area (Å²) in [6.45, 7) is 1.35. The lowest BCUT2D eigenvalue weighted by atomic mass is 10.0. The summed E-state index contributed by atoms with van der Waals surface area (Å²) in [7, 11) is 0. The van der Waals surface area contributed by atoms with Crippen LogP contribution in [0, 0.1) is 5.82 Å². The molecule has 3 atom stereocenters. The Morgan fingerprint density at radius 2 is 1.61 bits per heavy atom. The smallest absolute Gasteiger partial charge is 0.123 e. The van der Waals surface area contributed by atoms with Crippen molar-refractivity contribution in [3.63, 3.8) is 0 Å². The lowest BCUT2D eigenvalue weighted by Gasteiger charge is -2.36. The van der Waals surface area contributed by atoms with E-state index in [0.29, 0.717) is 19.6 Å². The van der Waals surface area contributed by atoms with Crippen molar-refractivity contribution >= 4 is 0 Å². The van der Waals surface area contributed by atoms with Crippen LogP contribution in [0.4, 0.5) is 4.39 Å². The highest BCUT2D eigenvalue weighted by molar-refractivity contribution is 5.16. The fourth-order valence-corrected chi connectivity index (χ4v) is 2.20. The molecule has 2 rings (SSSR count). The molecule has 18 heavy (non-hydrogen) atoms. The third kappa shape index (κ3) is 3.26. The number of rotatable bonds is 3. The van der Waals surface area contributed by atoms with E-state index in [0.717, 1.165) is 12.0 Å². The molecule has 1 fully saturated rings. The maximum Gasteiger partial charge on any atom is 0.123 e. The quantitative estimate of drug-likeness (QED) is 0.698. The SMILES string of the molecule is OC1[C@H](O)CN(CCc2ccc(F)cc2)C[C@@H]1O. The molecule has 0 aliphatic carbocycles. The number of hydrogen-bond donors (Lipinski definition) is 3. The Labute approximate surface area is 105 Å². The molecular formula is C13H18FNO3. The van der Waals surface area contributed by atoms with Crippen LogP contribution < -0.4 is 0 Å². The van der Waals surface area contributed by atoms with Gasteiger partial charge in [0.2, 0.25) is 0 Å². The zero-order chi connectivity index (χ0) is 13.1. The summed E-state index contributed by atoms with van der Waals surface area (Å²) < 4.78 is 12.7. The highest BCUT2D eigenvalue weighted by Gasteiger charge is 2.32. The summed E-state index contributed by atoms with van der Waals surface area (Å²) in [5.41, 5.74) is 1.01. The molecule has 0 bridgehead atoms. The van der Waals surface area contributed by atoms with Crippen molar-refractivity contribution in [2.75, 3.05) is 19.6 Å². The molecule has 0 radical (unpaired) electrons. The number of aliphatic hydroxyl groups excluding tert-OH is 3. The molecule has 1 aliphatic rings. The van der Waals surface area contributed by atoms with Crippen molar-refractivity contribution in [2.24, 2.45) is 0 Å². The summed E-state index contributed by atoms with van der Waals surface area (Å²) in [5, 5.41) is 28.5. The predicted molar refractivity (Wildman–Crippen MR) is 64.6 cm³/mol. The molecular weight excluding hydrogens is 237 g/mol. The van der Waals surface area contributed by atoms with E-state index in [-0.39, 0.29) is 5.82 Å². The van der Waals surface area contributed by atoms with Crippen molar-refractivity contribution in [2.45, 2.75) is 24.7 Å². The van der Waals surface area contributed by atoms with Gasteiger partial charge in [0.1, 0.15) is 11.9 Å². The third-order valence-corrected chi connectivity index (χ3v) is 3.31. The second kappa shape index (κ2) is 5.75. The molecule has 0 saturated carbocycles. The highest BCUT2D eigenvalue weighted by Crippen LogP contribution is 2.13. The van der Waals surface area contributed by atoms with Crippen molar-refractivity contribution in [1.29, 1.82) is 0 Å². The fraction of sp³-hybridized carbons (Fsp3) is 0.538. The summed E-state index contributed by atoms with van der Waals surface area (Å²) in [6.07, 6.45) is -2.17. The van der Waals surface area contributed by atoms with Crippen LogP contribution in [0.5, 0.6) is 0 Å². The Morgan fingerprint density at radius 3 is 2.17 bits per heavy atom. The fourth-order valence-electron chi connectivity index (χ4n) is 2.20. The first-order chi connectivity index (χ1) is 8.56. The van der Waals surface area contributed by atoms with Crippen LogP contribution in [-0.4, -0.2) is 58.2 Å². The van der Waals surface area contributed by atoms with Gasteiger partial charge < -0.3 is 15.3 Å². The van der Waals surface area contributed by atoms with Crippen molar-refractivity contribution < 1.29 is 19.7 Å². The molecule has 1 heterocycles. The predicted octanol–water partition coefficient (Wildman–Crippen LogP) is -0.234. The van der Waals surface area contributed by atoms with Gasteiger partial charge in [-0.25, -0.2) is 4.39 Å². The molecule has 100 valence electrons. The number of nitrogens with zero attached hydrogens (tertiary/aromatic N) is 1. The van der Waals surface area contributed by atoms with Crippen LogP contribution in [0.1, 0.15) is 5.56 Å². The van der Waals surface area contributed by atoms with E-state index < -0.39 is 18.3 Å². The average Bonchev–Trinajstić information content (AvgIpc) is 2.35. The maximum absolute atomic E-state index is 12.7. The van der Waals surface area contributed by atoms with Gasteiger partial charge in [-0.2, -0.15) is 0 Å². The Balaban J connectivity index is 1.85. The number of aliphatic hydroxyl groups is 3. The Morgan fingerprint density at radius 1 is 1.06 bits per heavy atom. The molecule has 1 saturated heterocycles. The molecule has 3 N–H and O–H groups in total. The Hall–Kier alpha value is -1.01. The van der Waals surface area contributed by atoms with Gasteiger partial charge in [-0.05, 0) is 24.1 Å². The van der Waals surface area contributed by atoms with Gasteiger partial charge in [0.25, 0.3) is 0 Å². The summed E-state index contributed by atoms with van der Waals surface area (Å²) in [5.74, 6) is -0.259. The zero-order valence-corrected chi connectivity index (χ0v) is 10.0. The zero-order valence-electron chi connectivity index (χ0n) is 10.0. The van der Waals surface area contributed by atoms with Crippen molar-refractivity contribution in [1.82, 2.24) is 4.90 Å². The van der Waals surface area contributed by atoms with E-state index in [1.807, 2.05) is 4.90 Å². The van der Waals surface area contributed by atoms with Gasteiger partial charge in [-0.1, -0.05) is 12.1 Å². The first-order valence-corrected chi connectivity index (χ1v) is 6.07. The summed E-state index contributed by atoms with van der Waals surface area (Å²) in [6, 6.07) is 6.28. The van der Waals surface area contributed by atoms with Crippen LogP contribution >= 0.6 is 0 Å². The maximum atomic E-state index is 12.7. The molecule has 5 heteroatoms. The minimum Gasteiger partial charge on any atom is -0.389 e. The van der Waals surface area contributed by atoms with Gasteiger partial charge in [-0.3, -0.25) is 4.90 Å². The van der Waals surface area contributed by atoms with E-state index in [9.17, 15) is 19.7 Å². The second-order valence-corrected chi connectivity index (χ2v) is 4.76. The first kappa shape index (κ1) is 13.4. The topological polar surface area (TPSA) is 63.9 Å². The van der Waals surface area contributed by atoms with Crippen LogP contribution in [0.15, 0.2) is 24.3 Å². The van der Waals surface area contributed by atoms with Gasteiger partial charge in [-0.15, -0.1) is 0 Å². The molecule has 0 amide bonds. The van der Waals surface area contributed by atoms with Crippen LogP contribution in [0.2, 0.25) is 0 Å².